The quantitative estimate of drug-likeness (QED) is 0.785. The maximum atomic E-state index is 11.8. The molecule has 0 radical (unpaired) electrons. The number of nitrogens with zero attached hydrogens (tertiary/aromatic N) is 1. The molecule has 0 unspecified atom stereocenters. The summed E-state index contributed by atoms with van der Waals surface area (Å²) in [5.41, 5.74) is 1.84. The van der Waals surface area contributed by atoms with E-state index in [2.05, 4.69) is 5.32 Å². The maximum absolute atomic E-state index is 11.8. The average molecular weight is 220 g/mol. The van der Waals surface area contributed by atoms with Crippen molar-refractivity contribution in [2.45, 2.75) is 19.4 Å². The second-order valence-electron chi connectivity index (χ2n) is 4.09. The molecule has 4 nitrogen and oxygen atoms in total. The van der Waals surface area contributed by atoms with Crippen molar-refractivity contribution in [3.05, 3.63) is 18.2 Å². The molecule has 0 spiro atoms. The van der Waals surface area contributed by atoms with Crippen LogP contribution >= 0.6 is 0 Å². The molecule has 86 valence electrons. The van der Waals surface area contributed by atoms with Crippen LogP contribution in [0.5, 0.6) is 5.75 Å². The number of rotatable bonds is 1. The van der Waals surface area contributed by atoms with Gasteiger partial charge in [0.05, 0.1) is 18.5 Å². The number of anilines is 2. The molecule has 16 heavy (non-hydrogen) atoms. The van der Waals surface area contributed by atoms with E-state index in [-0.39, 0.29) is 11.9 Å². The lowest BCUT2D eigenvalue weighted by Crippen LogP contribution is -2.27. The number of methoxy groups -OCH3 is 1. The van der Waals surface area contributed by atoms with Crippen molar-refractivity contribution in [3.8, 4) is 5.75 Å². The first-order valence-electron chi connectivity index (χ1n) is 5.33. The molecule has 1 aliphatic heterocycles. The highest BCUT2D eigenvalue weighted by Gasteiger charge is 2.22. The summed E-state index contributed by atoms with van der Waals surface area (Å²) in [5, 5.41) is 3.32. The van der Waals surface area contributed by atoms with Crippen LogP contribution in [-0.2, 0) is 4.79 Å². The van der Waals surface area contributed by atoms with Crippen LogP contribution < -0.4 is 15.0 Å². The Kier molecular flexibility index (Phi) is 2.73. The van der Waals surface area contributed by atoms with Gasteiger partial charge in [0.25, 0.3) is 0 Å². The van der Waals surface area contributed by atoms with E-state index in [0.717, 1.165) is 17.1 Å². The highest BCUT2D eigenvalue weighted by atomic mass is 16.5. The molecule has 0 saturated carbocycles. The first-order valence-corrected chi connectivity index (χ1v) is 5.33. The van der Waals surface area contributed by atoms with E-state index in [9.17, 15) is 4.79 Å². The van der Waals surface area contributed by atoms with E-state index in [0.29, 0.717) is 6.42 Å². The maximum Gasteiger partial charge on any atom is 0.228 e. The fourth-order valence-electron chi connectivity index (χ4n) is 1.90. The first kappa shape index (κ1) is 10.8. The standard InChI is InChI=1S/C12H16N2O2/c1-8-6-12(15)14(2)11-5-4-9(16-3)7-10(11)13-8/h4-5,7-8,13H,6H2,1-3H3/t8-/m0/s1. The van der Waals surface area contributed by atoms with E-state index in [1.807, 2.05) is 25.1 Å². The van der Waals surface area contributed by atoms with Crippen LogP contribution in [0.2, 0.25) is 0 Å². The molecule has 1 atom stereocenters. The Hall–Kier alpha value is -1.71. The molecule has 0 saturated heterocycles. The third-order valence-electron chi connectivity index (χ3n) is 2.82. The minimum Gasteiger partial charge on any atom is -0.497 e. The molecule has 2 rings (SSSR count). The van der Waals surface area contributed by atoms with Crippen molar-refractivity contribution in [2.75, 3.05) is 24.4 Å². The van der Waals surface area contributed by atoms with Gasteiger partial charge in [0.15, 0.2) is 0 Å². The number of carbonyl (C=O) groups is 1. The van der Waals surface area contributed by atoms with Crippen molar-refractivity contribution >= 4 is 17.3 Å². The van der Waals surface area contributed by atoms with Gasteiger partial charge in [0, 0.05) is 25.6 Å². The molecule has 1 amide bonds. The summed E-state index contributed by atoms with van der Waals surface area (Å²) >= 11 is 0. The Morgan fingerprint density at radius 2 is 2.25 bits per heavy atom. The zero-order chi connectivity index (χ0) is 11.7. The van der Waals surface area contributed by atoms with Crippen LogP contribution in [0.25, 0.3) is 0 Å². The van der Waals surface area contributed by atoms with Crippen LogP contribution in [0.1, 0.15) is 13.3 Å². The van der Waals surface area contributed by atoms with Crippen molar-refractivity contribution in [3.63, 3.8) is 0 Å². The third-order valence-corrected chi connectivity index (χ3v) is 2.82. The minimum absolute atomic E-state index is 0.129. The van der Waals surface area contributed by atoms with Crippen LogP contribution in [0.4, 0.5) is 11.4 Å². The Balaban J connectivity index is 2.46. The second-order valence-corrected chi connectivity index (χ2v) is 4.09. The number of hydrogen-bond donors (Lipinski definition) is 1. The van der Waals surface area contributed by atoms with Gasteiger partial charge in [-0.2, -0.15) is 0 Å². The second kappa shape index (κ2) is 4.04. The molecule has 0 bridgehead atoms. The highest BCUT2D eigenvalue weighted by Crippen LogP contribution is 2.32. The minimum atomic E-state index is 0.129. The summed E-state index contributed by atoms with van der Waals surface area (Å²) in [6, 6.07) is 5.82. The summed E-state index contributed by atoms with van der Waals surface area (Å²) in [4.78, 5) is 13.5. The fourth-order valence-corrected chi connectivity index (χ4v) is 1.90. The van der Waals surface area contributed by atoms with Gasteiger partial charge < -0.3 is 15.0 Å². The number of ether oxygens (including phenoxy) is 1. The van der Waals surface area contributed by atoms with Gasteiger partial charge in [-0.15, -0.1) is 0 Å². The SMILES string of the molecule is COc1ccc2c(c1)N[C@@H](C)CC(=O)N2C. The van der Waals surface area contributed by atoms with Gasteiger partial charge in [-0.3, -0.25) is 4.79 Å². The lowest BCUT2D eigenvalue weighted by atomic mass is 10.2. The largest absolute Gasteiger partial charge is 0.497 e. The Labute approximate surface area is 95.2 Å². The van der Waals surface area contributed by atoms with Crippen LogP contribution in [-0.4, -0.2) is 26.1 Å². The zero-order valence-electron chi connectivity index (χ0n) is 9.78. The fraction of sp³-hybridized carbons (Fsp3) is 0.417. The molecule has 1 aromatic rings. The van der Waals surface area contributed by atoms with Gasteiger partial charge in [0.1, 0.15) is 5.75 Å². The van der Waals surface area contributed by atoms with E-state index in [4.69, 9.17) is 4.74 Å². The number of fused-ring (bicyclic) bond motifs is 1. The lowest BCUT2D eigenvalue weighted by Gasteiger charge is -2.17. The van der Waals surface area contributed by atoms with Gasteiger partial charge in [0.2, 0.25) is 5.91 Å². The molecular weight excluding hydrogens is 204 g/mol. The monoisotopic (exact) mass is 220 g/mol. The number of amides is 1. The van der Waals surface area contributed by atoms with Crippen molar-refractivity contribution in [2.24, 2.45) is 0 Å². The van der Waals surface area contributed by atoms with E-state index in [1.54, 1.807) is 19.1 Å². The zero-order valence-corrected chi connectivity index (χ0v) is 9.78. The van der Waals surface area contributed by atoms with Crippen LogP contribution in [0.15, 0.2) is 18.2 Å². The molecule has 4 heteroatoms. The average Bonchev–Trinajstić information content (AvgIpc) is 2.36. The van der Waals surface area contributed by atoms with Crippen molar-refractivity contribution in [1.29, 1.82) is 0 Å². The topological polar surface area (TPSA) is 41.6 Å². The van der Waals surface area contributed by atoms with Crippen LogP contribution in [0, 0.1) is 0 Å². The van der Waals surface area contributed by atoms with E-state index in [1.165, 1.54) is 0 Å². The van der Waals surface area contributed by atoms with Crippen molar-refractivity contribution < 1.29 is 9.53 Å². The molecule has 1 aliphatic rings. The molecule has 0 aromatic heterocycles. The third kappa shape index (κ3) is 1.83. The van der Waals surface area contributed by atoms with E-state index >= 15 is 0 Å². The summed E-state index contributed by atoms with van der Waals surface area (Å²) in [7, 11) is 3.43. The Bertz CT molecular complexity index is 417. The normalized spacial score (nSPS) is 19.8. The number of nitrogens with one attached hydrogen (secondary N) is 1. The highest BCUT2D eigenvalue weighted by molar-refractivity contribution is 5.98. The predicted octanol–water partition coefficient (Wildman–Crippen LogP) is 1.86. The molecule has 1 heterocycles. The Morgan fingerprint density at radius 1 is 1.50 bits per heavy atom. The first-order chi connectivity index (χ1) is 7.61. The molecule has 0 fully saturated rings. The van der Waals surface area contributed by atoms with Gasteiger partial charge in [-0.05, 0) is 19.1 Å². The van der Waals surface area contributed by atoms with Gasteiger partial charge in [-0.1, -0.05) is 0 Å². The van der Waals surface area contributed by atoms with Gasteiger partial charge >= 0.3 is 0 Å². The predicted molar refractivity (Wildman–Crippen MR) is 64.1 cm³/mol. The number of hydrogen-bond acceptors (Lipinski definition) is 3. The summed E-state index contributed by atoms with van der Waals surface area (Å²) in [6.45, 7) is 2.00. The van der Waals surface area contributed by atoms with E-state index < -0.39 is 0 Å². The van der Waals surface area contributed by atoms with Gasteiger partial charge in [-0.25, -0.2) is 0 Å². The number of benzene rings is 1. The summed E-state index contributed by atoms with van der Waals surface area (Å²) in [6.07, 6.45) is 0.507. The molecule has 1 aromatic carbocycles. The molecular formula is C12H16N2O2. The van der Waals surface area contributed by atoms with Crippen molar-refractivity contribution in [1.82, 2.24) is 0 Å². The Morgan fingerprint density at radius 3 is 2.94 bits per heavy atom. The number of carbonyl (C=O) groups excluding carboxylic acids is 1. The summed E-state index contributed by atoms with van der Waals surface area (Å²) < 4.78 is 5.17. The van der Waals surface area contributed by atoms with Crippen LogP contribution in [0.3, 0.4) is 0 Å². The smallest absolute Gasteiger partial charge is 0.228 e. The molecule has 1 N–H and O–H groups in total. The lowest BCUT2D eigenvalue weighted by molar-refractivity contribution is -0.118. The summed E-state index contributed by atoms with van der Waals surface area (Å²) in [5.74, 6) is 0.921. The molecule has 0 aliphatic carbocycles.